The van der Waals surface area contributed by atoms with Crippen molar-refractivity contribution in [2.45, 2.75) is 6.10 Å². The fourth-order valence-corrected chi connectivity index (χ4v) is 2.77. The molecule has 1 atom stereocenters. The van der Waals surface area contributed by atoms with Crippen molar-refractivity contribution in [3.05, 3.63) is 46.0 Å². The first-order valence-corrected chi connectivity index (χ1v) is 6.94. The minimum absolute atomic E-state index is 0.0977. The van der Waals surface area contributed by atoms with E-state index in [0.717, 1.165) is 0 Å². The van der Waals surface area contributed by atoms with Crippen molar-refractivity contribution in [2.24, 2.45) is 0 Å². The fourth-order valence-electron chi connectivity index (χ4n) is 1.74. The molecule has 4 nitrogen and oxygen atoms in total. The van der Waals surface area contributed by atoms with Gasteiger partial charge in [-0.3, -0.25) is 4.79 Å². The SMILES string of the molecule is N#C/C=C1\SCC(=O)N1C[C@H](O)c1ccc(Cl)cc1. The normalized spacial score (nSPS) is 18.7. The fraction of sp³-hybridized carbons (Fsp3) is 0.231. The molecule has 0 unspecified atom stereocenters. The van der Waals surface area contributed by atoms with E-state index in [0.29, 0.717) is 21.4 Å². The summed E-state index contributed by atoms with van der Waals surface area (Å²) in [5.41, 5.74) is 0.686. The number of nitrogens with zero attached hydrogens (tertiary/aromatic N) is 2. The second-order valence-electron chi connectivity index (χ2n) is 3.97. The van der Waals surface area contributed by atoms with Crippen LogP contribution in [-0.2, 0) is 4.79 Å². The Morgan fingerprint density at radius 3 is 2.84 bits per heavy atom. The zero-order valence-electron chi connectivity index (χ0n) is 9.91. The summed E-state index contributed by atoms with van der Waals surface area (Å²) in [6.45, 7) is 0.140. The van der Waals surface area contributed by atoms with Gasteiger partial charge in [0.05, 0.1) is 29.5 Å². The molecule has 1 heterocycles. The largest absolute Gasteiger partial charge is 0.387 e. The van der Waals surface area contributed by atoms with E-state index in [4.69, 9.17) is 16.9 Å². The molecule has 1 N–H and O–H groups in total. The Morgan fingerprint density at radius 1 is 1.53 bits per heavy atom. The van der Waals surface area contributed by atoms with Crippen molar-refractivity contribution in [1.82, 2.24) is 4.90 Å². The number of aliphatic hydroxyl groups excluding tert-OH is 1. The number of β-amino-alcohol motifs (C(OH)–C–C–N with tert-alkyl or cyclic N) is 1. The predicted octanol–water partition coefficient (Wildman–Crippen LogP) is 2.31. The number of carbonyl (C=O) groups excluding carboxylic acids is 1. The van der Waals surface area contributed by atoms with Gasteiger partial charge in [0, 0.05) is 11.1 Å². The van der Waals surface area contributed by atoms with Gasteiger partial charge in [-0.25, -0.2) is 0 Å². The second-order valence-corrected chi connectivity index (χ2v) is 5.40. The first-order chi connectivity index (χ1) is 9.11. The molecule has 1 aromatic rings. The highest BCUT2D eigenvalue weighted by Crippen LogP contribution is 2.30. The zero-order chi connectivity index (χ0) is 13.8. The average Bonchev–Trinajstić information content (AvgIpc) is 2.73. The molecule has 1 saturated heterocycles. The summed E-state index contributed by atoms with van der Waals surface area (Å²) < 4.78 is 0. The molecule has 0 aromatic heterocycles. The van der Waals surface area contributed by atoms with Gasteiger partial charge >= 0.3 is 0 Å². The van der Waals surface area contributed by atoms with Crippen molar-refractivity contribution in [3.8, 4) is 6.07 Å². The number of hydrogen-bond acceptors (Lipinski definition) is 4. The maximum Gasteiger partial charge on any atom is 0.237 e. The van der Waals surface area contributed by atoms with Gasteiger partial charge < -0.3 is 10.0 Å². The first kappa shape index (κ1) is 13.9. The molecule has 1 amide bonds. The Kier molecular flexibility index (Phi) is 4.48. The van der Waals surface area contributed by atoms with Gasteiger partial charge in [0.1, 0.15) is 0 Å². The van der Waals surface area contributed by atoms with Crippen LogP contribution in [0.15, 0.2) is 35.4 Å². The lowest BCUT2D eigenvalue weighted by molar-refractivity contribution is -0.126. The lowest BCUT2D eigenvalue weighted by Gasteiger charge is -2.20. The van der Waals surface area contributed by atoms with E-state index in [1.165, 1.54) is 22.7 Å². The van der Waals surface area contributed by atoms with Gasteiger partial charge in [0.15, 0.2) is 0 Å². The topological polar surface area (TPSA) is 64.3 Å². The monoisotopic (exact) mass is 294 g/mol. The van der Waals surface area contributed by atoms with E-state index in [-0.39, 0.29) is 12.5 Å². The molecule has 98 valence electrons. The average molecular weight is 295 g/mol. The summed E-state index contributed by atoms with van der Waals surface area (Å²) in [4.78, 5) is 13.1. The van der Waals surface area contributed by atoms with E-state index in [1.54, 1.807) is 24.3 Å². The highest BCUT2D eigenvalue weighted by molar-refractivity contribution is 8.04. The number of benzene rings is 1. The van der Waals surface area contributed by atoms with Gasteiger partial charge in [0.2, 0.25) is 5.91 Å². The third-order valence-electron chi connectivity index (χ3n) is 2.71. The van der Waals surface area contributed by atoms with E-state index >= 15 is 0 Å². The number of carbonyl (C=O) groups is 1. The Bertz CT molecular complexity index is 551. The van der Waals surface area contributed by atoms with Crippen LogP contribution in [0, 0.1) is 11.3 Å². The van der Waals surface area contributed by atoms with Gasteiger partial charge in [-0.05, 0) is 17.7 Å². The smallest absolute Gasteiger partial charge is 0.237 e. The molecular formula is C13H11ClN2O2S. The molecule has 0 saturated carbocycles. The van der Waals surface area contributed by atoms with Crippen molar-refractivity contribution < 1.29 is 9.90 Å². The Hall–Kier alpha value is -1.48. The summed E-state index contributed by atoms with van der Waals surface area (Å²) in [7, 11) is 0. The molecule has 0 spiro atoms. The molecule has 1 aliphatic heterocycles. The van der Waals surface area contributed by atoms with Gasteiger partial charge in [-0.1, -0.05) is 35.5 Å². The number of rotatable bonds is 3. The van der Waals surface area contributed by atoms with Gasteiger partial charge in [-0.2, -0.15) is 5.26 Å². The highest BCUT2D eigenvalue weighted by atomic mass is 35.5. The lowest BCUT2D eigenvalue weighted by atomic mass is 10.1. The summed E-state index contributed by atoms with van der Waals surface area (Å²) in [5, 5.41) is 20.0. The number of hydrogen-bond donors (Lipinski definition) is 1. The Labute approximate surface area is 120 Å². The van der Waals surface area contributed by atoms with Crippen LogP contribution in [0.4, 0.5) is 0 Å². The molecule has 2 rings (SSSR count). The predicted molar refractivity (Wildman–Crippen MR) is 74.3 cm³/mol. The van der Waals surface area contributed by atoms with Crippen molar-refractivity contribution in [1.29, 1.82) is 5.26 Å². The van der Waals surface area contributed by atoms with Crippen LogP contribution in [0.3, 0.4) is 0 Å². The number of allylic oxidation sites excluding steroid dienone is 1. The molecule has 0 bridgehead atoms. The third-order valence-corrected chi connectivity index (χ3v) is 3.99. The van der Waals surface area contributed by atoms with E-state index in [1.807, 2.05) is 6.07 Å². The van der Waals surface area contributed by atoms with Gasteiger partial charge in [-0.15, -0.1) is 0 Å². The lowest BCUT2D eigenvalue weighted by Crippen LogP contribution is -2.29. The molecule has 1 aromatic carbocycles. The highest BCUT2D eigenvalue weighted by Gasteiger charge is 2.28. The molecule has 1 aliphatic rings. The standard InChI is InChI=1S/C13H11ClN2O2S/c14-10-3-1-9(2-4-10)11(17)7-16-12(18)8-19-13(16)5-6-15/h1-5,11,17H,7-8H2/b13-5-/t11-/m0/s1. The van der Waals surface area contributed by atoms with Crippen LogP contribution >= 0.6 is 23.4 Å². The first-order valence-electron chi connectivity index (χ1n) is 5.58. The van der Waals surface area contributed by atoms with E-state index < -0.39 is 6.10 Å². The molecule has 6 heteroatoms. The maximum atomic E-state index is 11.7. The van der Waals surface area contributed by atoms with Crippen LogP contribution < -0.4 is 0 Å². The van der Waals surface area contributed by atoms with Gasteiger partial charge in [0.25, 0.3) is 0 Å². The number of amides is 1. The van der Waals surface area contributed by atoms with Crippen LogP contribution in [0.25, 0.3) is 0 Å². The van der Waals surface area contributed by atoms with Crippen molar-refractivity contribution >= 4 is 29.3 Å². The van der Waals surface area contributed by atoms with Crippen molar-refractivity contribution in [3.63, 3.8) is 0 Å². The molecule has 1 fully saturated rings. The van der Waals surface area contributed by atoms with E-state index in [9.17, 15) is 9.90 Å². The zero-order valence-corrected chi connectivity index (χ0v) is 11.5. The number of halogens is 1. The number of aliphatic hydroxyl groups is 1. The number of nitriles is 1. The second kappa shape index (κ2) is 6.11. The molecular weight excluding hydrogens is 284 g/mol. The van der Waals surface area contributed by atoms with Crippen LogP contribution in [0.2, 0.25) is 5.02 Å². The molecule has 0 aliphatic carbocycles. The summed E-state index contributed by atoms with van der Waals surface area (Å²) in [6.07, 6.45) is 0.520. The van der Waals surface area contributed by atoms with E-state index in [2.05, 4.69) is 0 Å². The summed E-state index contributed by atoms with van der Waals surface area (Å²) in [6, 6.07) is 8.71. The quantitative estimate of drug-likeness (QED) is 0.869. The van der Waals surface area contributed by atoms with Crippen molar-refractivity contribution in [2.75, 3.05) is 12.3 Å². The molecule has 19 heavy (non-hydrogen) atoms. The summed E-state index contributed by atoms with van der Waals surface area (Å²) >= 11 is 7.09. The maximum absolute atomic E-state index is 11.7. The van der Waals surface area contributed by atoms with Crippen LogP contribution in [0.5, 0.6) is 0 Å². The minimum Gasteiger partial charge on any atom is -0.387 e. The Morgan fingerprint density at radius 2 is 2.21 bits per heavy atom. The Balaban J connectivity index is 2.11. The molecule has 0 radical (unpaired) electrons. The van der Waals surface area contributed by atoms with Crippen LogP contribution in [0.1, 0.15) is 11.7 Å². The minimum atomic E-state index is -0.804. The van der Waals surface area contributed by atoms with Crippen LogP contribution in [-0.4, -0.2) is 28.2 Å². The summed E-state index contributed by atoms with van der Waals surface area (Å²) in [5.74, 6) is 0.209. The number of thioether (sulfide) groups is 1. The third kappa shape index (κ3) is 3.29.